The molecular weight excluding hydrogens is 558 g/mol. The van der Waals surface area contributed by atoms with Gasteiger partial charge in [0.15, 0.2) is 9.84 Å². The zero-order valence-corrected chi connectivity index (χ0v) is 26.4. The smallest absolute Gasteiger partial charge is 0.303 e. The van der Waals surface area contributed by atoms with Crippen LogP contribution in [0.3, 0.4) is 0 Å². The largest absolute Gasteiger partial charge is 0.481 e. The molecule has 2 aromatic rings. The average Bonchev–Trinajstić information content (AvgIpc) is 3.75. The summed E-state index contributed by atoms with van der Waals surface area (Å²) in [6.07, 6.45) is 7.57. The van der Waals surface area contributed by atoms with Gasteiger partial charge in [0.2, 0.25) is 0 Å². The van der Waals surface area contributed by atoms with E-state index in [0.717, 1.165) is 83.6 Å². The number of likely N-dealkylation sites (tertiary alicyclic amines) is 1. The molecule has 3 aliphatic heterocycles. The van der Waals surface area contributed by atoms with Crippen LogP contribution in [0.2, 0.25) is 0 Å². The summed E-state index contributed by atoms with van der Waals surface area (Å²) in [5.74, 6) is 1.24. The molecule has 3 heterocycles. The number of benzene rings is 2. The number of nitrogens with zero attached hydrogens (tertiary/aromatic N) is 3. The fourth-order valence-electron chi connectivity index (χ4n) is 9.45. The van der Waals surface area contributed by atoms with Gasteiger partial charge in [-0.15, -0.1) is 0 Å². The van der Waals surface area contributed by atoms with E-state index in [0.29, 0.717) is 29.1 Å². The van der Waals surface area contributed by atoms with Gasteiger partial charge in [0.1, 0.15) is 0 Å². The molecule has 8 heteroatoms. The van der Waals surface area contributed by atoms with E-state index in [-0.39, 0.29) is 16.6 Å². The molecule has 4 fully saturated rings. The molecule has 0 spiro atoms. The Labute approximate surface area is 257 Å². The fourth-order valence-corrected chi connectivity index (χ4v) is 11.1. The van der Waals surface area contributed by atoms with Gasteiger partial charge in [-0.1, -0.05) is 30.7 Å². The van der Waals surface area contributed by atoms with E-state index >= 15 is 0 Å². The van der Waals surface area contributed by atoms with Crippen molar-refractivity contribution < 1.29 is 18.3 Å². The number of carbonyl (C=O) groups is 1. The Morgan fingerprint density at radius 1 is 0.953 bits per heavy atom. The van der Waals surface area contributed by atoms with Crippen LogP contribution in [0.4, 0.5) is 5.69 Å². The lowest BCUT2D eigenvalue weighted by atomic mass is 9.55. The zero-order chi connectivity index (χ0) is 29.8. The number of piperidine rings is 1. The fraction of sp³-hybridized carbons (Fsp3) is 0.629. The maximum Gasteiger partial charge on any atom is 0.303 e. The van der Waals surface area contributed by atoms with Crippen molar-refractivity contribution in [2.24, 2.45) is 23.7 Å². The number of aliphatic carboxylic acids is 1. The van der Waals surface area contributed by atoms with E-state index in [9.17, 15) is 18.3 Å². The van der Waals surface area contributed by atoms with Crippen molar-refractivity contribution in [2.45, 2.75) is 73.5 Å². The highest BCUT2D eigenvalue weighted by atomic mass is 32.2. The first kappa shape index (κ1) is 29.3. The van der Waals surface area contributed by atoms with Gasteiger partial charge in [-0.05, 0) is 112 Å². The first-order valence-electron chi connectivity index (χ1n) is 16.5. The van der Waals surface area contributed by atoms with Gasteiger partial charge >= 0.3 is 5.97 Å². The number of sulfone groups is 1. The number of rotatable bonds is 9. The van der Waals surface area contributed by atoms with Gasteiger partial charge in [-0.3, -0.25) is 4.79 Å². The predicted molar refractivity (Wildman–Crippen MR) is 169 cm³/mol. The number of likely N-dealkylation sites (N-methyl/N-ethyl adjacent to an activating group) is 1. The molecule has 3 atom stereocenters. The van der Waals surface area contributed by atoms with Crippen molar-refractivity contribution in [3.05, 3.63) is 59.7 Å². The SMILES string of the molecule is CN1Cc2ccccc2C(C2CCN(CC3CN(c4ccc(S(=O)(=O)C5CC5)cc4)C3)CC2)([C@H]2CCC[C@@H]2CC(=O)O)C1. The van der Waals surface area contributed by atoms with Gasteiger partial charge in [0.25, 0.3) is 0 Å². The Balaban J connectivity index is 1.01. The minimum atomic E-state index is -3.13. The molecule has 0 radical (unpaired) electrons. The van der Waals surface area contributed by atoms with E-state index in [2.05, 4.69) is 46.0 Å². The van der Waals surface area contributed by atoms with Crippen LogP contribution in [0.25, 0.3) is 0 Å². The monoisotopic (exact) mass is 605 g/mol. The lowest BCUT2D eigenvalue weighted by Crippen LogP contribution is -2.57. The summed E-state index contributed by atoms with van der Waals surface area (Å²) in [5, 5.41) is 9.63. The van der Waals surface area contributed by atoms with E-state index < -0.39 is 15.8 Å². The predicted octanol–water partition coefficient (Wildman–Crippen LogP) is 5.05. The van der Waals surface area contributed by atoms with Gasteiger partial charge < -0.3 is 19.8 Å². The van der Waals surface area contributed by atoms with Gasteiger partial charge in [0, 0.05) is 56.2 Å². The van der Waals surface area contributed by atoms with Crippen LogP contribution in [-0.2, 0) is 26.6 Å². The second-order valence-electron chi connectivity index (χ2n) is 14.3. The molecule has 232 valence electrons. The number of hydrogen-bond acceptors (Lipinski definition) is 6. The van der Waals surface area contributed by atoms with Crippen LogP contribution in [0, 0.1) is 23.7 Å². The lowest BCUT2D eigenvalue weighted by Gasteiger charge is -2.55. The second kappa shape index (κ2) is 11.5. The first-order chi connectivity index (χ1) is 20.7. The van der Waals surface area contributed by atoms with Crippen LogP contribution < -0.4 is 4.90 Å². The number of anilines is 1. The molecule has 1 unspecified atom stereocenters. The number of fused-ring (bicyclic) bond motifs is 1. The molecule has 0 amide bonds. The van der Waals surface area contributed by atoms with Crippen LogP contribution in [0.5, 0.6) is 0 Å². The molecule has 0 aromatic heterocycles. The third-order valence-electron chi connectivity index (χ3n) is 11.5. The summed E-state index contributed by atoms with van der Waals surface area (Å²) in [6.45, 7) is 7.40. The van der Waals surface area contributed by atoms with Crippen molar-refractivity contribution in [3.63, 3.8) is 0 Å². The van der Waals surface area contributed by atoms with Crippen molar-refractivity contribution in [1.82, 2.24) is 9.80 Å². The number of carboxylic acids is 1. The quantitative estimate of drug-likeness (QED) is 0.429. The van der Waals surface area contributed by atoms with Gasteiger partial charge in [-0.25, -0.2) is 8.42 Å². The minimum Gasteiger partial charge on any atom is -0.481 e. The Morgan fingerprint density at radius 3 is 2.37 bits per heavy atom. The molecule has 7 nitrogen and oxygen atoms in total. The minimum absolute atomic E-state index is 0.0265. The average molecular weight is 606 g/mol. The summed E-state index contributed by atoms with van der Waals surface area (Å²) in [6, 6.07) is 16.6. The zero-order valence-electron chi connectivity index (χ0n) is 25.5. The first-order valence-corrected chi connectivity index (χ1v) is 18.1. The van der Waals surface area contributed by atoms with Gasteiger partial charge in [0.05, 0.1) is 10.1 Å². The van der Waals surface area contributed by atoms with E-state index in [1.807, 2.05) is 12.1 Å². The summed E-state index contributed by atoms with van der Waals surface area (Å²) < 4.78 is 25.1. The molecule has 1 N–H and O–H groups in total. The normalized spacial score (nSPS) is 29.4. The molecule has 2 saturated carbocycles. The van der Waals surface area contributed by atoms with E-state index in [1.165, 1.54) is 24.0 Å². The summed E-state index contributed by atoms with van der Waals surface area (Å²) in [5.41, 5.74) is 4.10. The topological polar surface area (TPSA) is 81.2 Å². The highest BCUT2D eigenvalue weighted by Gasteiger charge is 2.54. The molecule has 0 bridgehead atoms. The van der Waals surface area contributed by atoms with E-state index in [4.69, 9.17) is 0 Å². The Kier molecular flexibility index (Phi) is 7.83. The second-order valence-corrected chi connectivity index (χ2v) is 16.6. The maximum absolute atomic E-state index is 12.5. The molecule has 2 aliphatic carbocycles. The third kappa shape index (κ3) is 5.53. The molecule has 7 rings (SSSR count). The molecule has 2 saturated heterocycles. The van der Waals surface area contributed by atoms with Crippen LogP contribution in [-0.4, -0.2) is 80.9 Å². The highest BCUT2D eigenvalue weighted by molar-refractivity contribution is 7.92. The maximum atomic E-state index is 12.5. The van der Waals surface area contributed by atoms with E-state index in [1.54, 1.807) is 12.1 Å². The van der Waals surface area contributed by atoms with Crippen molar-refractivity contribution in [1.29, 1.82) is 0 Å². The van der Waals surface area contributed by atoms with Gasteiger partial charge in [-0.2, -0.15) is 0 Å². The lowest BCUT2D eigenvalue weighted by molar-refractivity contribution is -0.138. The summed E-state index contributed by atoms with van der Waals surface area (Å²) in [4.78, 5) is 19.9. The molecule has 5 aliphatic rings. The third-order valence-corrected chi connectivity index (χ3v) is 13.8. The number of hydrogen-bond donors (Lipinski definition) is 1. The Morgan fingerprint density at radius 2 is 1.67 bits per heavy atom. The van der Waals surface area contributed by atoms with Crippen molar-refractivity contribution in [2.75, 3.05) is 51.2 Å². The Bertz CT molecular complexity index is 1430. The summed E-state index contributed by atoms with van der Waals surface area (Å²) >= 11 is 0. The number of carboxylic acid groups (broad SMARTS) is 1. The van der Waals surface area contributed by atoms with Crippen LogP contribution >= 0.6 is 0 Å². The standard InChI is InChI=1S/C35H47N3O4S/c1-36-23-27-5-2-3-7-33(27)35(24-36,32-8-4-6-26(32)19-34(39)40)28-15-17-37(18-16-28)20-25-21-38(22-25)29-9-11-30(12-10-29)43(41,42)31-13-14-31/h2-3,5,7,9-12,25-26,28,31-32H,4,6,8,13-24H2,1H3,(H,39,40)/t26-,32+,35?/m1/s1. The van der Waals surface area contributed by atoms with Crippen LogP contribution in [0.15, 0.2) is 53.4 Å². The summed E-state index contributed by atoms with van der Waals surface area (Å²) in [7, 11) is -0.879. The van der Waals surface area contributed by atoms with Crippen LogP contribution in [0.1, 0.15) is 62.5 Å². The highest BCUT2D eigenvalue weighted by Crippen LogP contribution is 2.55. The molecule has 43 heavy (non-hydrogen) atoms. The Hall–Kier alpha value is -2.42. The van der Waals surface area contributed by atoms with Crippen molar-refractivity contribution >= 4 is 21.5 Å². The van der Waals surface area contributed by atoms with Crippen molar-refractivity contribution in [3.8, 4) is 0 Å². The molecule has 2 aromatic carbocycles. The molecular formula is C35H47N3O4S.